The lowest BCUT2D eigenvalue weighted by Gasteiger charge is -2.26. The van der Waals surface area contributed by atoms with Gasteiger partial charge in [-0.15, -0.1) is 0 Å². The van der Waals surface area contributed by atoms with Crippen LogP contribution < -0.4 is 5.32 Å². The minimum absolute atomic E-state index is 0.0236. The SMILES string of the molecule is CC1OCCC1(O)CNc1ccc(Br)cc1[N+](=O)[O-]. The molecule has 1 saturated heterocycles. The number of aliphatic hydroxyl groups is 1. The Hall–Kier alpha value is -1.18. The van der Waals surface area contributed by atoms with Crippen molar-refractivity contribution in [3.05, 3.63) is 32.8 Å². The number of benzene rings is 1. The molecule has 7 heteroatoms. The number of nitrogens with one attached hydrogen (secondary N) is 1. The predicted octanol–water partition coefficient (Wildman–Crippen LogP) is 2.31. The van der Waals surface area contributed by atoms with E-state index in [0.717, 1.165) is 0 Å². The maximum absolute atomic E-state index is 11.0. The number of hydrogen-bond acceptors (Lipinski definition) is 5. The van der Waals surface area contributed by atoms with E-state index in [0.29, 0.717) is 23.2 Å². The number of halogens is 1. The monoisotopic (exact) mass is 330 g/mol. The smallest absolute Gasteiger partial charge is 0.293 e. The van der Waals surface area contributed by atoms with Gasteiger partial charge in [0.25, 0.3) is 5.69 Å². The van der Waals surface area contributed by atoms with Gasteiger partial charge >= 0.3 is 0 Å². The molecule has 2 unspecified atom stereocenters. The lowest BCUT2D eigenvalue weighted by molar-refractivity contribution is -0.384. The van der Waals surface area contributed by atoms with Crippen LogP contribution in [0.5, 0.6) is 0 Å². The third-order valence-corrected chi connectivity index (χ3v) is 3.89. The van der Waals surface area contributed by atoms with Crippen LogP contribution in [0.1, 0.15) is 13.3 Å². The molecule has 0 radical (unpaired) electrons. The van der Waals surface area contributed by atoms with Gasteiger partial charge in [-0.1, -0.05) is 15.9 Å². The number of hydrogen-bond donors (Lipinski definition) is 2. The van der Waals surface area contributed by atoms with Crippen LogP contribution in [0.15, 0.2) is 22.7 Å². The van der Waals surface area contributed by atoms with Gasteiger partial charge in [0.15, 0.2) is 0 Å². The summed E-state index contributed by atoms with van der Waals surface area (Å²) in [4.78, 5) is 10.5. The van der Waals surface area contributed by atoms with Crippen molar-refractivity contribution < 1.29 is 14.8 Å². The maximum Gasteiger partial charge on any atom is 0.293 e. The molecule has 6 nitrogen and oxygen atoms in total. The minimum atomic E-state index is -0.985. The van der Waals surface area contributed by atoms with Crippen molar-refractivity contribution in [1.29, 1.82) is 0 Å². The van der Waals surface area contributed by atoms with Crippen LogP contribution >= 0.6 is 15.9 Å². The van der Waals surface area contributed by atoms with Crippen LogP contribution in [-0.2, 0) is 4.74 Å². The molecular weight excluding hydrogens is 316 g/mol. The van der Waals surface area contributed by atoms with Gasteiger partial charge in [-0.05, 0) is 19.1 Å². The highest BCUT2D eigenvalue weighted by Gasteiger charge is 2.39. The van der Waals surface area contributed by atoms with E-state index in [2.05, 4.69) is 21.2 Å². The molecule has 0 saturated carbocycles. The number of anilines is 1. The van der Waals surface area contributed by atoms with Crippen molar-refractivity contribution in [3.63, 3.8) is 0 Å². The average Bonchev–Trinajstić information content (AvgIpc) is 2.68. The van der Waals surface area contributed by atoms with E-state index >= 15 is 0 Å². The molecule has 2 N–H and O–H groups in total. The van der Waals surface area contributed by atoms with E-state index in [9.17, 15) is 15.2 Å². The summed E-state index contributed by atoms with van der Waals surface area (Å²) >= 11 is 3.20. The standard InChI is InChI=1S/C12H15BrN2O4/c1-8-12(16,4-5-19-8)7-14-10-3-2-9(13)6-11(10)15(17)18/h2-3,6,8,14,16H,4-5,7H2,1H3. The van der Waals surface area contributed by atoms with Gasteiger partial charge in [-0.2, -0.15) is 0 Å². The Balaban J connectivity index is 2.13. The van der Waals surface area contributed by atoms with E-state index < -0.39 is 10.5 Å². The normalized spacial score (nSPS) is 26.4. The summed E-state index contributed by atoms with van der Waals surface area (Å²) in [5.41, 5.74) is -0.619. The Bertz CT molecular complexity index is 497. The first-order valence-electron chi connectivity index (χ1n) is 5.94. The molecule has 0 aliphatic carbocycles. The third-order valence-electron chi connectivity index (χ3n) is 3.40. The number of nitro benzene ring substituents is 1. The molecule has 0 aromatic heterocycles. The molecule has 1 heterocycles. The summed E-state index contributed by atoms with van der Waals surface area (Å²) in [7, 11) is 0. The van der Waals surface area contributed by atoms with E-state index in [1.807, 2.05) is 0 Å². The molecular formula is C12H15BrN2O4. The van der Waals surface area contributed by atoms with Crippen molar-refractivity contribution in [3.8, 4) is 0 Å². The molecule has 1 aliphatic heterocycles. The van der Waals surface area contributed by atoms with Gasteiger partial charge in [0.05, 0.1) is 11.0 Å². The lowest BCUT2D eigenvalue weighted by atomic mass is 9.96. The summed E-state index contributed by atoms with van der Waals surface area (Å²) in [6.45, 7) is 2.52. The zero-order valence-electron chi connectivity index (χ0n) is 10.4. The van der Waals surface area contributed by atoms with Gasteiger partial charge in [0.2, 0.25) is 0 Å². The Morgan fingerprint density at radius 3 is 3.00 bits per heavy atom. The minimum Gasteiger partial charge on any atom is -0.385 e. The topological polar surface area (TPSA) is 84.6 Å². The summed E-state index contributed by atoms with van der Waals surface area (Å²) < 4.78 is 5.96. The summed E-state index contributed by atoms with van der Waals surface area (Å²) in [5, 5.41) is 24.3. The molecule has 1 fully saturated rings. The highest BCUT2D eigenvalue weighted by atomic mass is 79.9. The highest BCUT2D eigenvalue weighted by molar-refractivity contribution is 9.10. The molecule has 1 aromatic carbocycles. The summed E-state index contributed by atoms with van der Waals surface area (Å²) in [5.74, 6) is 0. The Morgan fingerprint density at radius 2 is 2.42 bits per heavy atom. The van der Waals surface area contributed by atoms with Gasteiger partial charge in [-0.3, -0.25) is 10.1 Å². The fourth-order valence-electron chi connectivity index (χ4n) is 2.06. The zero-order valence-corrected chi connectivity index (χ0v) is 12.0. The van der Waals surface area contributed by atoms with Gasteiger partial charge in [0, 0.05) is 30.1 Å². The molecule has 1 aromatic rings. The van der Waals surface area contributed by atoms with Crippen LogP contribution in [0.4, 0.5) is 11.4 Å². The molecule has 1 aliphatic rings. The molecule has 104 valence electrons. The average molecular weight is 331 g/mol. The van der Waals surface area contributed by atoms with Crippen LogP contribution in [0.2, 0.25) is 0 Å². The number of rotatable bonds is 4. The van der Waals surface area contributed by atoms with Gasteiger partial charge in [-0.25, -0.2) is 0 Å². The molecule has 0 bridgehead atoms. The molecule has 2 atom stereocenters. The highest BCUT2D eigenvalue weighted by Crippen LogP contribution is 2.30. The van der Waals surface area contributed by atoms with Crippen LogP contribution in [0.3, 0.4) is 0 Å². The van der Waals surface area contributed by atoms with Crippen LogP contribution in [-0.4, -0.2) is 34.9 Å². The second kappa shape index (κ2) is 5.44. The van der Waals surface area contributed by atoms with Crippen molar-refractivity contribution in [2.75, 3.05) is 18.5 Å². The van der Waals surface area contributed by atoms with E-state index in [1.165, 1.54) is 6.07 Å². The molecule has 19 heavy (non-hydrogen) atoms. The number of ether oxygens (including phenoxy) is 1. The largest absolute Gasteiger partial charge is 0.385 e. The second-order valence-corrected chi connectivity index (χ2v) is 5.55. The first-order chi connectivity index (χ1) is 8.92. The summed E-state index contributed by atoms with van der Waals surface area (Å²) in [6, 6.07) is 4.76. The van der Waals surface area contributed by atoms with Gasteiger partial charge < -0.3 is 15.2 Å². The number of nitrogens with zero attached hydrogens (tertiary/aromatic N) is 1. The van der Waals surface area contributed by atoms with E-state index in [4.69, 9.17) is 4.74 Å². The third kappa shape index (κ3) is 3.05. The lowest BCUT2D eigenvalue weighted by Crippen LogP contribution is -2.43. The van der Waals surface area contributed by atoms with Crippen LogP contribution in [0.25, 0.3) is 0 Å². The van der Waals surface area contributed by atoms with E-state index in [1.54, 1.807) is 19.1 Å². The molecule has 0 spiro atoms. The first-order valence-corrected chi connectivity index (χ1v) is 6.73. The zero-order chi connectivity index (χ0) is 14.0. The maximum atomic E-state index is 11.0. The fourth-order valence-corrected chi connectivity index (χ4v) is 2.41. The predicted molar refractivity (Wildman–Crippen MR) is 74.3 cm³/mol. The van der Waals surface area contributed by atoms with Crippen molar-refractivity contribution in [1.82, 2.24) is 0 Å². The quantitative estimate of drug-likeness (QED) is 0.653. The van der Waals surface area contributed by atoms with Crippen molar-refractivity contribution in [2.24, 2.45) is 0 Å². The Labute approximate surface area is 119 Å². The fraction of sp³-hybridized carbons (Fsp3) is 0.500. The van der Waals surface area contributed by atoms with Crippen molar-refractivity contribution >= 4 is 27.3 Å². The number of nitro groups is 1. The second-order valence-electron chi connectivity index (χ2n) is 4.64. The van der Waals surface area contributed by atoms with Crippen molar-refractivity contribution in [2.45, 2.75) is 25.0 Å². The molecule has 0 amide bonds. The summed E-state index contributed by atoms with van der Waals surface area (Å²) in [6.07, 6.45) is 0.236. The van der Waals surface area contributed by atoms with Crippen LogP contribution in [0, 0.1) is 10.1 Å². The van der Waals surface area contributed by atoms with E-state index in [-0.39, 0.29) is 18.3 Å². The molecule has 2 rings (SSSR count). The van der Waals surface area contributed by atoms with Gasteiger partial charge in [0.1, 0.15) is 11.3 Å². The Morgan fingerprint density at radius 1 is 1.68 bits per heavy atom. The Kier molecular flexibility index (Phi) is 4.07. The first kappa shape index (κ1) is 14.2.